The van der Waals surface area contributed by atoms with Crippen LogP contribution in [0.25, 0.3) is 0 Å². The van der Waals surface area contributed by atoms with Crippen molar-refractivity contribution in [2.75, 3.05) is 6.61 Å². The SMILES string of the molecule is CCCCCOc1ccc(Cc2nc(C(=O)Cc3ccc(C(F)(F)F)nc3)cs2)cc1C(F)(F)F. The van der Waals surface area contributed by atoms with Crippen LogP contribution in [0.2, 0.25) is 0 Å². The quantitative estimate of drug-likeness (QED) is 0.163. The summed E-state index contributed by atoms with van der Waals surface area (Å²) in [5, 5.41) is 1.91. The summed E-state index contributed by atoms with van der Waals surface area (Å²) in [5.74, 6) is -0.654. The Morgan fingerprint density at radius 3 is 2.37 bits per heavy atom. The lowest BCUT2D eigenvalue weighted by Gasteiger charge is -2.15. The molecule has 188 valence electrons. The van der Waals surface area contributed by atoms with Crippen molar-refractivity contribution in [3.8, 4) is 5.75 Å². The highest BCUT2D eigenvalue weighted by atomic mass is 32.1. The van der Waals surface area contributed by atoms with Gasteiger partial charge in [0.05, 0.1) is 17.2 Å². The van der Waals surface area contributed by atoms with Crippen LogP contribution in [-0.2, 0) is 25.2 Å². The first kappa shape index (κ1) is 26.7. The third kappa shape index (κ3) is 7.51. The van der Waals surface area contributed by atoms with Crippen molar-refractivity contribution in [2.45, 2.75) is 51.4 Å². The molecule has 0 spiro atoms. The Bertz CT molecular complexity index is 1140. The number of Topliss-reactive ketones (excluding diaryl/α,β-unsaturated/α-hetero) is 1. The number of rotatable bonds is 10. The maximum atomic E-state index is 13.5. The number of carbonyl (C=O) groups is 1. The van der Waals surface area contributed by atoms with E-state index in [2.05, 4.69) is 9.97 Å². The predicted molar refractivity (Wildman–Crippen MR) is 119 cm³/mol. The molecule has 0 bridgehead atoms. The van der Waals surface area contributed by atoms with Gasteiger partial charge in [-0.2, -0.15) is 26.3 Å². The number of hydrogen-bond acceptors (Lipinski definition) is 5. The molecule has 3 rings (SSSR count). The maximum absolute atomic E-state index is 13.5. The van der Waals surface area contributed by atoms with E-state index in [0.29, 0.717) is 22.6 Å². The van der Waals surface area contributed by atoms with Crippen molar-refractivity contribution in [2.24, 2.45) is 0 Å². The number of thiazole rings is 1. The van der Waals surface area contributed by atoms with E-state index in [1.54, 1.807) is 0 Å². The number of aromatic nitrogens is 2. The van der Waals surface area contributed by atoms with Crippen LogP contribution in [0, 0.1) is 0 Å². The highest BCUT2D eigenvalue weighted by molar-refractivity contribution is 7.09. The summed E-state index contributed by atoms with van der Waals surface area (Å²) < 4.78 is 83.8. The summed E-state index contributed by atoms with van der Waals surface area (Å²) >= 11 is 1.12. The minimum atomic E-state index is -4.59. The Balaban J connectivity index is 1.68. The fraction of sp³-hybridized carbons (Fsp3) is 0.375. The molecule has 0 atom stereocenters. The zero-order valence-electron chi connectivity index (χ0n) is 18.7. The first-order chi connectivity index (χ1) is 16.5. The van der Waals surface area contributed by atoms with Gasteiger partial charge in [-0.05, 0) is 35.7 Å². The van der Waals surface area contributed by atoms with Gasteiger partial charge in [-0.25, -0.2) is 4.98 Å². The van der Waals surface area contributed by atoms with Gasteiger partial charge in [0.2, 0.25) is 0 Å². The topological polar surface area (TPSA) is 52.1 Å². The molecule has 3 aromatic rings. The molecule has 0 aliphatic heterocycles. The third-order valence-corrected chi connectivity index (χ3v) is 5.88. The number of ether oxygens (including phenoxy) is 1. The third-order valence-electron chi connectivity index (χ3n) is 5.03. The second-order valence-corrected chi connectivity index (χ2v) is 8.78. The molecule has 0 saturated heterocycles. The number of benzene rings is 1. The van der Waals surface area contributed by atoms with Gasteiger partial charge in [0.1, 0.15) is 17.1 Å². The number of alkyl halides is 6. The van der Waals surface area contributed by atoms with E-state index in [1.165, 1.54) is 23.6 Å². The predicted octanol–water partition coefficient (Wildman–Crippen LogP) is 7.16. The molecular weight excluding hydrogens is 494 g/mol. The van der Waals surface area contributed by atoms with E-state index in [-0.39, 0.29) is 30.9 Å². The molecule has 2 heterocycles. The van der Waals surface area contributed by atoms with Crippen LogP contribution in [0.1, 0.15) is 64.1 Å². The largest absolute Gasteiger partial charge is 0.493 e. The van der Waals surface area contributed by atoms with Crippen LogP contribution in [0.5, 0.6) is 5.75 Å². The molecule has 0 amide bonds. The number of unbranched alkanes of at least 4 members (excludes halogenated alkanes) is 2. The normalized spacial score (nSPS) is 12.1. The van der Waals surface area contributed by atoms with Crippen molar-refractivity contribution in [1.82, 2.24) is 9.97 Å². The van der Waals surface area contributed by atoms with E-state index in [4.69, 9.17) is 4.74 Å². The van der Waals surface area contributed by atoms with E-state index < -0.39 is 29.4 Å². The zero-order valence-corrected chi connectivity index (χ0v) is 19.5. The Morgan fingerprint density at radius 1 is 1.00 bits per heavy atom. The van der Waals surface area contributed by atoms with Crippen LogP contribution in [0.3, 0.4) is 0 Å². The van der Waals surface area contributed by atoms with Crippen LogP contribution in [-0.4, -0.2) is 22.4 Å². The number of nitrogens with zero attached hydrogens (tertiary/aromatic N) is 2. The highest BCUT2D eigenvalue weighted by Crippen LogP contribution is 2.37. The van der Waals surface area contributed by atoms with Crippen LogP contribution < -0.4 is 4.74 Å². The maximum Gasteiger partial charge on any atom is 0.433 e. The van der Waals surface area contributed by atoms with Crippen LogP contribution in [0.15, 0.2) is 41.9 Å². The van der Waals surface area contributed by atoms with Gasteiger partial charge in [-0.1, -0.05) is 31.9 Å². The number of pyridine rings is 1. The lowest BCUT2D eigenvalue weighted by atomic mass is 10.1. The molecule has 1 aromatic carbocycles. The standard InChI is InChI=1S/C24H22F6N2O2S/c1-2-3-4-9-34-20-7-5-15(10-17(20)23(25,26)27)12-22-32-18(14-35-22)19(33)11-16-6-8-21(31-13-16)24(28,29)30/h5-8,10,13-14H,2-4,9,11-12H2,1H3. The molecule has 0 saturated carbocycles. The fourth-order valence-corrected chi connectivity index (χ4v) is 4.07. The number of halogens is 6. The Hall–Kier alpha value is -2.95. The van der Waals surface area contributed by atoms with Gasteiger partial charge >= 0.3 is 12.4 Å². The molecule has 0 fully saturated rings. The summed E-state index contributed by atoms with van der Waals surface area (Å²) in [6.45, 7) is 2.18. The van der Waals surface area contributed by atoms with Crippen LogP contribution >= 0.6 is 11.3 Å². The van der Waals surface area contributed by atoms with E-state index in [1.807, 2.05) is 6.92 Å². The van der Waals surface area contributed by atoms with E-state index in [0.717, 1.165) is 42.5 Å². The monoisotopic (exact) mass is 516 g/mol. The summed E-state index contributed by atoms with van der Waals surface area (Å²) in [5.41, 5.74) is -1.17. The Labute approximate surface area is 202 Å². The highest BCUT2D eigenvalue weighted by Gasteiger charge is 2.35. The van der Waals surface area contributed by atoms with Gasteiger partial charge in [0.15, 0.2) is 5.78 Å². The molecule has 11 heteroatoms. The molecule has 35 heavy (non-hydrogen) atoms. The lowest BCUT2D eigenvalue weighted by Crippen LogP contribution is -2.10. The van der Waals surface area contributed by atoms with Crippen molar-refractivity contribution >= 4 is 17.1 Å². The Kier molecular flexibility index (Phi) is 8.52. The second-order valence-electron chi connectivity index (χ2n) is 7.84. The molecule has 0 radical (unpaired) electrons. The average Bonchev–Trinajstić information content (AvgIpc) is 3.25. The smallest absolute Gasteiger partial charge is 0.433 e. The Morgan fingerprint density at radius 2 is 1.74 bits per heavy atom. The number of carbonyl (C=O) groups excluding carboxylic acids is 1. The summed E-state index contributed by atoms with van der Waals surface area (Å²) in [4.78, 5) is 20.0. The first-order valence-electron chi connectivity index (χ1n) is 10.8. The van der Waals surface area contributed by atoms with E-state index in [9.17, 15) is 31.1 Å². The molecule has 0 N–H and O–H groups in total. The number of hydrogen-bond donors (Lipinski definition) is 0. The fourth-order valence-electron chi connectivity index (χ4n) is 3.24. The van der Waals surface area contributed by atoms with Gasteiger partial charge < -0.3 is 4.74 Å². The van der Waals surface area contributed by atoms with Gasteiger partial charge in [0.25, 0.3) is 0 Å². The van der Waals surface area contributed by atoms with Gasteiger partial charge in [-0.3, -0.25) is 9.78 Å². The van der Waals surface area contributed by atoms with Crippen LogP contribution in [0.4, 0.5) is 26.3 Å². The summed E-state index contributed by atoms with van der Waals surface area (Å²) in [6, 6.07) is 5.81. The van der Waals surface area contributed by atoms with Crippen molar-refractivity contribution in [3.63, 3.8) is 0 Å². The number of ketones is 1. The summed E-state index contributed by atoms with van der Waals surface area (Å²) in [7, 11) is 0. The lowest BCUT2D eigenvalue weighted by molar-refractivity contribution is -0.141. The van der Waals surface area contributed by atoms with Gasteiger partial charge in [-0.15, -0.1) is 11.3 Å². The molecule has 0 unspecified atom stereocenters. The van der Waals surface area contributed by atoms with E-state index >= 15 is 0 Å². The van der Waals surface area contributed by atoms with Crippen molar-refractivity contribution in [1.29, 1.82) is 0 Å². The van der Waals surface area contributed by atoms with Crippen molar-refractivity contribution < 1.29 is 35.9 Å². The molecule has 0 aliphatic carbocycles. The van der Waals surface area contributed by atoms with Gasteiger partial charge in [0, 0.05) is 24.4 Å². The minimum Gasteiger partial charge on any atom is -0.493 e. The second kappa shape index (κ2) is 11.2. The summed E-state index contributed by atoms with van der Waals surface area (Å²) in [6.07, 6.45) is -5.84. The molecule has 0 aliphatic rings. The molecular formula is C24H22F6N2O2S. The zero-order chi connectivity index (χ0) is 25.6. The first-order valence-corrected chi connectivity index (χ1v) is 11.7. The molecule has 4 nitrogen and oxygen atoms in total. The van der Waals surface area contributed by atoms with Crippen molar-refractivity contribution in [3.05, 3.63) is 75.0 Å². The molecule has 2 aromatic heterocycles. The average molecular weight is 517 g/mol. The minimum absolute atomic E-state index is 0.0823.